The van der Waals surface area contributed by atoms with Gasteiger partial charge in [-0.3, -0.25) is 0 Å². The van der Waals surface area contributed by atoms with Crippen molar-refractivity contribution in [2.45, 2.75) is 34.8 Å². The van der Waals surface area contributed by atoms with E-state index in [1.807, 2.05) is 71.3 Å². The molecule has 6 heteroatoms. The summed E-state index contributed by atoms with van der Waals surface area (Å²) in [6, 6.07) is 20.7. The molecule has 0 atom stereocenters. The summed E-state index contributed by atoms with van der Waals surface area (Å²) in [4.78, 5) is 0. The van der Waals surface area contributed by atoms with E-state index in [0.29, 0.717) is 20.7 Å². The van der Waals surface area contributed by atoms with Crippen LogP contribution in [0.15, 0.2) is 60.7 Å². The van der Waals surface area contributed by atoms with Crippen LogP contribution in [0.3, 0.4) is 0 Å². The zero-order chi connectivity index (χ0) is 25.7. The molecule has 4 aromatic carbocycles. The number of phenols is 2. The molecule has 0 saturated heterocycles. The summed E-state index contributed by atoms with van der Waals surface area (Å²) in [5, 5.41) is 27.6. The Morgan fingerprint density at radius 2 is 0.944 bits per heavy atom. The Bertz CT molecular complexity index is 1230. The molecular weight excluding hydrogens is 521 g/mol. The van der Waals surface area contributed by atoms with E-state index in [4.69, 9.17) is 0 Å². The van der Waals surface area contributed by atoms with Crippen molar-refractivity contribution >= 4 is 68.6 Å². The first-order valence-corrected chi connectivity index (χ1v) is 17.3. The molecule has 0 radical (unpaired) electrons. The molecule has 36 heavy (non-hydrogen) atoms. The minimum atomic E-state index is 0.290. The SMILES string of the molecule is CSC(CCc1cc2ccccc2c(-c2c(O)c(CCC(SC)SC)cc3ccccc23)c1O)SC. The van der Waals surface area contributed by atoms with Gasteiger partial charge in [0.15, 0.2) is 0 Å². The minimum absolute atomic E-state index is 0.290. The summed E-state index contributed by atoms with van der Waals surface area (Å²) >= 11 is 7.42. The number of rotatable bonds is 11. The van der Waals surface area contributed by atoms with Crippen molar-refractivity contribution in [2.75, 3.05) is 25.0 Å². The molecule has 0 aromatic heterocycles. The van der Waals surface area contributed by atoms with Crippen molar-refractivity contribution in [1.29, 1.82) is 0 Å². The molecule has 0 fully saturated rings. The number of thioether (sulfide) groups is 4. The summed E-state index contributed by atoms with van der Waals surface area (Å²) in [6.07, 6.45) is 12.1. The summed E-state index contributed by atoms with van der Waals surface area (Å²) < 4.78 is 0.968. The van der Waals surface area contributed by atoms with Crippen LogP contribution >= 0.6 is 47.0 Å². The lowest BCUT2D eigenvalue weighted by Crippen LogP contribution is -2.01. The fraction of sp³-hybridized carbons (Fsp3) is 0.333. The van der Waals surface area contributed by atoms with E-state index in [9.17, 15) is 10.2 Å². The van der Waals surface area contributed by atoms with Gasteiger partial charge < -0.3 is 10.2 Å². The minimum Gasteiger partial charge on any atom is -0.507 e. The molecule has 2 N–H and O–H groups in total. The topological polar surface area (TPSA) is 40.5 Å². The maximum Gasteiger partial charge on any atom is 0.127 e. The Balaban J connectivity index is 1.93. The van der Waals surface area contributed by atoms with Gasteiger partial charge in [-0.05, 0) is 95.5 Å². The summed E-state index contributed by atoms with van der Waals surface area (Å²) in [6.45, 7) is 0. The van der Waals surface area contributed by atoms with Crippen molar-refractivity contribution in [1.82, 2.24) is 0 Å². The van der Waals surface area contributed by atoms with Crippen LogP contribution in [-0.2, 0) is 12.8 Å². The maximum absolute atomic E-state index is 11.7. The van der Waals surface area contributed by atoms with E-state index in [0.717, 1.165) is 69.5 Å². The van der Waals surface area contributed by atoms with Crippen molar-refractivity contribution in [2.24, 2.45) is 0 Å². The first-order valence-electron chi connectivity index (χ1n) is 12.1. The third kappa shape index (κ3) is 5.77. The van der Waals surface area contributed by atoms with Gasteiger partial charge in [-0.1, -0.05) is 48.5 Å². The number of hydrogen-bond donors (Lipinski definition) is 2. The molecule has 0 aliphatic heterocycles. The van der Waals surface area contributed by atoms with Crippen LogP contribution < -0.4 is 0 Å². The summed E-state index contributed by atoms with van der Waals surface area (Å²) in [7, 11) is 0. The van der Waals surface area contributed by atoms with Gasteiger partial charge in [0.2, 0.25) is 0 Å². The number of aryl methyl sites for hydroxylation is 2. The standard InChI is InChI=1S/C30H34O2S4/c1-33-25(34-2)15-13-21-17-19-9-5-7-11-23(19)27(29(21)31)28-24-12-8-6-10-20(24)18-22(30(28)32)14-16-26(35-3)36-4/h5-12,17-18,25-26,31-32H,13-16H2,1-4H3. The van der Waals surface area contributed by atoms with Crippen LogP contribution in [-0.4, -0.2) is 44.4 Å². The van der Waals surface area contributed by atoms with Crippen LogP contribution in [0.4, 0.5) is 0 Å². The van der Waals surface area contributed by atoms with Gasteiger partial charge >= 0.3 is 0 Å². The Labute approximate surface area is 232 Å². The van der Waals surface area contributed by atoms with Crippen LogP contribution in [0.2, 0.25) is 0 Å². The van der Waals surface area contributed by atoms with Crippen molar-refractivity contribution in [3.8, 4) is 22.6 Å². The first kappa shape index (κ1) is 27.4. The second-order valence-electron chi connectivity index (χ2n) is 8.84. The Morgan fingerprint density at radius 3 is 1.31 bits per heavy atom. The van der Waals surface area contributed by atoms with E-state index in [1.165, 1.54) is 0 Å². The Hall–Kier alpha value is -1.60. The van der Waals surface area contributed by atoms with Gasteiger partial charge in [0.25, 0.3) is 0 Å². The Morgan fingerprint density at radius 1 is 0.583 bits per heavy atom. The number of benzene rings is 4. The lowest BCUT2D eigenvalue weighted by atomic mass is 9.87. The zero-order valence-corrected chi connectivity index (χ0v) is 24.6. The third-order valence-corrected chi connectivity index (χ3v) is 12.2. The van der Waals surface area contributed by atoms with Gasteiger partial charge in [-0.25, -0.2) is 0 Å². The molecule has 190 valence electrons. The molecular formula is C30H34O2S4. The second-order valence-corrected chi connectivity index (χ2v) is 13.6. The average Bonchev–Trinajstić information content (AvgIpc) is 2.91. The number of fused-ring (bicyclic) bond motifs is 2. The monoisotopic (exact) mass is 554 g/mol. The van der Waals surface area contributed by atoms with Gasteiger partial charge in [-0.2, -0.15) is 47.0 Å². The van der Waals surface area contributed by atoms with Crippen LogP contribution in [0.5, 0.6) is 11.5 Å². The molecule has 0 spiro atoms. The highest BCUT2D eigenvalue weighted by Gasteiger charge is 2.22. The Kier molecular flexibility index (Phi) is 9.73. The van der Waals surface area contributed by atoms with Gasteiger partial charge in [-0.15, -0.1) is 0 Å². The quantitative estimate of drug-likeness (QED) is 0.180. The molecule has 0 bridgehead atoms. The molecule has 4 aromatic rings. The highest BCUT2D eigenvalue weighted by molar-refractivity contribution is 8.16. The maximum atomic E-state index is 11.7. The smallest absolute Gasteiger partial charge is 0.127 e. The molecule has 0 unspecified atom stereocenters. The number of aromatic hydroxyl groups is 2. The molecule has 4 rings (SSSR count). The predicted octanol–water partition coefficient (Wildman–Crippen LogP) is 9.04. The summed E-state index contributed by atoms with van der Waals surface area (Å²) in [5.74, 6) is 0.580. The molecule has 0 heterocycles. The van der Waals surface area contributed by atoms with E-state index >= 15 is 0 Å². The lowest BCUT2D eigenvalue weighted by Gasteiger charge is -2.20. The molecule has 0 aliphatic carbocycles. The molecule has 2 nitrogen and oxygen atoms in total. The van der Waals surface area contributed by atoms with Gasteiger partial charge in [0, 0.05) is 20.3 Å². The van der Waals surface area contributed by atoms with Crippen molar-refractivity contribution < 1.29 is 10.2 Å². The number of phenolic OH excluding ortho intramolecular Hbond substituents is 2. The van der Waals surface area contributed by atoms with Crippen LogP contribution in [0.1, 0.15) is 24.0 Å². The van der Waals surface area contributed by atoms with E-state index in [-0.39, 0.29) is 0 Å². The fourth-order valence-electron chi connectivity index (χ4n) is 4.89. The predicted molar refractivity (Wildman–Crippen MR) is 168 cm³/mol. The number of hydrogen-bond acceptors (Lipinski definition) is 6. The average molecular weight is 555 g/mol. The summed E-state index contributed by atoms with van der Waals surface area (Å²) in [5.41, 5.74) is 3.37. The highest BCUT2D eigenvalue weighted by atomic mass is 32.2. The largest absolute Gasteiger partial charge is 0.507 e. The lowest BCUT2D eigenvalue weighted by molar-refractivity contribution is 0.462. The highest BCUT2D eigenvalue weighted by Crippen LogP contribution is 2.48. The van der Waals surface area contributed by atoms with E-state index in [1.54, 1.807) is 0 Å². The van der Waals surface area contributed by atoms with Crippen LogP contribution in [0, 0.1) is 0 Å². The normalized spacial score (nSPS) is 11.8. The van der Waals surface area contributed by atoms with Crippen molar-refractivity contribution in [3.05, 3.63) is 71.8 Å². The first-order chi connectivity index (χ1) is 17.5. The van der Waals surface area contributed by atoms with Gasteiger partial charge in [0.1, 0.15) is 11.5 Å². The molecule has 0 saturated carbocycles. The molecule has 0 amide bonds. The second kappa shape index (κ2) is 12.8. The third-order valence-electron chi connectivity index (χ3n) is 6.80. The van der Waals surface area contributed by atoms with Crippen molar-refractivity contribution in [3.63, 3.8) is 0 Å². The van der Waals surface area contributed by atoms with E-state index < -0.39 is 0 Å². The zero-order valence-electron chi connectivity index (χ0n) is 21.3. The van der Waals surface area contributed by atoms with Crippen LogP contribution in [0.25, 0.3) is 32.7 Å². The fourth-order valence-corrected chi connectivity index (χ4v) is 7.84. The van der Waals surface area contributed by atoms with Gasteiger partial charge in [0.05, 0.1) is 0 Å². The molecule has 0 aliphatic rings. The van der Waals surface area contributed by atoms with E-state index in [2.05, 4.69) is 61.4 Å².